The number of nitrogens with one attached hydrogen (secondary N) is 1. The van der Waals surface area contributed by atoms with Crippen molar-refractivity contribution in [3.63, 3.8) is 0 Å². The van der Waals surface area contributed by atoms with Crippen LogP contribution in [-0.4, -0.2) is 68.3 Å². The van der Waals surface area contributed by atoms with Crippen molar-refractivity contribution in [1.82, 2.24) is 19.5 Å². The van der Waals surface area contributed by atoms with Crippen LogP contribution in [0.25, 0.3) is 11.2 Å². The minimum Gasteiger partial charge on any atom is -0.394 e. The lowest BCUT2D eigenvalue weighted by Gasteiger charge is -2.29. The highest BCUT2D eigenvalue weighted by atomic mass is 16.6. The van der Waals surface area contributed by atoms with E-state index >= 15 is 0 Å². The normalized spacial score (nSPS) is 31.8. The van der Waals surface area contributed by atoms with Crippen molar-refractivity contribution in [2.45, 2.75) is 31.0 Å². The molecule has 1 aliphatic heterocycles. The quantitative estimate of drug-likeness (QED) is 0.694. The van der Waals surface area contributed by atoms with E-state index in [2.05, 4.69) is 20.3 Å². The molecule has 3 N–H and O–H groups in total. The number of anilines is 1. The maximum Gasteiger partial charge on any atom is 0.168 e. The first-order valence-corrected chi connectivity index (χ1v) is 6.91. The van der Waals surface area contributed by atoms with Gasteiger partial charge in [-0.1, -0.05) is 0 Å². The van der Waals surface area contributed by atoms with Gasteiger partial charge in [0.2, 0.25) is 0 Å². The number of ether oxygens (including phenoxy) is 2. The van der Waals surface area contributed by atoms with Crippen LogP contribution in [0.2, 0.25) is 0 Å². The summed E-state index contributed by atoms with van der Waals surface area (Å²) in [6.45, 7) is 1.35. The first-order valence-electron chi connectivity index (χ1n) is 6.91. The molecule has 4 atom stereocenters. The monoisotopic (exact) mass is 309 g/mol. The first kappa shape index (κ1) is 15.1. The van der Waals surface area contributed by atoms with Gasteiger partial charge in [0.15, 0.2) is 17.7 Å². The highest BCUT2D eigenvalue weighted by Crippen LogP contribution is 2.40. The highest BCUT2D eigenvalue weighted by molar-refractivity contribution is 5.82. The maximum absolute atomic E-state index is 10.8. The van der Waals surface area contributed by atoms with Crippen molar-refractivity contribution in [2.24, 2.45) is 0 Å². The molecule has 0 aliphatic carbocycles. The zero-order valence-corrected chi connectivity index (χ0v) is 12.6. The number of nitrogens with zero attached hydrogens (tertiary/aromatic N) is 4. The van der Waals surface area contributed by atoms with E-state index in [0.29, 0.717) is 17.0 Å². The molecule has 1 fully saturated rings. The molecule has 3 heterocycles. The second-order valence-electron chi connectivity index (χ2n) is 5.39. The molecule has 0 aromatic carbocycles. The number of aromatic nitrogens is 4. The Balaban J connectivity index is 2.08. The van der Waals surface area contributed by atoms with E-state index in [0.717, 1.165) is 0 Å². The standard InChI is InChI=1S/C13H19N5O4/c1-13(20)9(21-3)7(4-19)22-12(13)18-6-17-8-10(14-2)15-5-16-11(8)18/h5-7,9,12,19-20H,4H2,1-3H3,(H,14,15,16)/t7-,9-,12-,13-/m1/s1. The lowest BCUT2D eigenvalue weighted by Crippen LogP contribution is -2.45. The number of aliphatic hydroxyl groups excluding tert-OH is 1. The molecule has 0 bridgehead atoms. The third-order valence-corrected chi connectivity index (χ3v) is 4.00. The molecule has 0 saturated carbocycles. The van der Waals surface area contributed by atoms with E-state index in [1.54, 1.807) is 18.5 Å². The zero-order chi connectivity index (χ0) is 15.9. The van der Waals surface area contributed by atoms with Crippen LogP contribution >= 0.6 is 0 Å². The molecule has 2 aromatic heterocycles. The molecule has 22 heavy (non-hydrogen) atoms. The molecule has 2 aromatic rings. The molecule has 9 heteroatoms. The molecule has 3 rings (SSSR count). The topological polar surface area (TPSA) is 115 Å². The Labute approximate surface area is 126 Å². The number of fused-ring (bicyclic) bond motifs is 1. The van der Waals surface area contributed by atoms with Gasteiger partial charge in [-0.05, 0) is 6.92 Å². The van der Waals surface area contributed by atoms with Gasteiger partial charge in [-0.2, -0.15) is 0 Å². The van der Waals surface area contributed by atoms with E-state index in [1.807, 2.05) is 0 Å². The fourth-order valence-electron chi connectivity index (χ4n) is 2.97. The van der Waals surface area contributed by atoms with E-state index in [1.165, 1.54) is 19.8 Å². The molecule has 1 aliphatic rings. The SMILES string of the molecule is CNc1ncnc2c1ncn2[C@@H]1O[C@H](CO)[C@@H](OC)[C@@]1(C)O. The Kier molecular flexibility index (Phi) is 3.73. The van der Waals surface area contributed by atoms with Crippen molar-refractivity contribution in [3.8, 4) is 0 Å². The Morgan fingerprint density at radius 1 is 1.45 bits per heavy atom. The van der Waals surface area contributed by atoms with Crippen LogP contribution in [0.1, 0.15) is 13.2 Å². The van der Waals surface area contributed by atoms with Gasteiger partial charge in [-0.25, -0.2) is 15.0 Å². The Morgan fingerprint density at radius 3 is 2.82 bits per heavy atom. The van der Waals surface area contributed by atoms with Gasteiger partial charge in [0.1, 0.15) is 29.7 Å². The summed E-state index contributed by atoms with van der Waals surface area (Å²) in [5.41, 5.74) is -0.246. The molecule has 0 amide bonds. The number of rotatable bonds is 4. The van der Waals surface area contributed by atoms with Gasteiger partial charge in [0.25, 0.3) is 0 Å². The molecule has 0 unspecified atom stereocenters. The van der Waals surface area contributed by atoms with Crippen LogP contribution in [0, 0.1) is 0 Å². The summed E-state index contributed by atoms with van der Waals surface area (Å²) >= 11 is 0. The second-order valence-corrected chi connectivity index (χ2v) is 5.39. The van der Waals surface area contributed by atoms with Gasteiger partial charge in [-0.15, -0.1) is 0 Å². The summed E-state index contributed by atoms with van der Waals surface area (Å²) in [4.78, 5) is 12.6. The van der Waals surface area contributed by atoms with Crippen LogP contribution in [0.5, 0.6) is 0 Å². The molecule has 1 saturated heterocycles. The molecular weight excluding hydrogens is 290 g/mol. The fraction of sp³-hybridized carbons (Fsp3) is 0.615. The molecule has 9 nitrogen and oxygen atoms in total. The predicted molar refractivity (Wildman–Crippen MR) is 77.3 cm³/mol. The summed E-state index contributed by atoms with van der Waals surface area (Å²) in [6.07, 6.45) is 0.872. The molecule has 120 valence electrons. The van der Waals surface area contributed by atoms with E-state index in [4.69, 9.17) is 9.47 Å². The Morgan fingerprint density at radius 2 is 2.23 bits per heavy atom. The summed E-state index contributed by atoms with van der Waals surface area (Å²) in [5, 5.41) is 23.2. The van der Waals surface area contributed by atoms with E-state index in [9.17, 15) is 10.2 Å². The lowest BCUT2D eigenvalue weighted by atomic mass is 9.96. The van der Waals surface area contributed by atoms with Gasteiger partial charge in [0, 0.05) is 14.2 Å². The number of imidazole rings is 1. The van der Waals surface area contributed by atoms with Crippen molar-refractivity contribution in [3.05, 3.63) is 12.7 Å². The van der Waals surface area contributed by atoms with Crippen LogP contribution < -0.4 is 5.32 Å². The Bertz CT molecular complexity index is 673. The van der Waals surface area contributed by atoms with Crippen LogP contribution in [0.3, 0.4) is 0 Å². The maximum atomic E-state index is 10.8. The summed E-state index contributed by atoms with van der Waals surface area (Å²) in [6, 6.07) is 0. The summed E-state index contributed by atoms with van der Waals surface area (Å²) in [5.74, 6) is 0.586. The average Bonchev–Trinajstić information content (AvgIpc) is 3.04. The van der Waals surface area contributed by atoms with Gasteiger partial charge in [0.05, 0.1) is 12.9 Å². The van der Waals surface area contributed by atoms with Gasteiger partial charge < -0.3 is 25.0 Å². The van der Waals surface area contributed by atoms with Crippen molar-refractivity contribution >= 4 is 17.0 Å². The molecule has 0 radical (unpaired) electrons. The number of methoxy groups -OCH3 is 1. The molecular formula is C13H19N5O4. The van der Waals surface area contributed by atoms with Crippen molar-refractivity contribution < 1.29 is 19.7 Å². The van der Waals surface area contributed by atoms with E-state index in [-0.39, 0.29) is 6.61 Å². The van der Waals surface area contributed by atoms with Gasteiger partial charge >= 0.3 is 0 Å². The summed E-state index contributed by atoms with van der Waals surface area (Å²) < 4.78 is 12.7. The number of aliphatic hydroxyl groups is 2. The van der Waals surface area contributed by atoms with Crippen LogP contribution in [0.15, 0.2) is 12.7 Å². The number of hydrogen-bond acceptors (Lipinski definition) is 8. The largest absolute Gasteiger partial charge is 0.394 e. The minimum atomic E-state index is -1.35. The first-order chi connectivity index (χ1) is 10.5. The Hall–Kier alpha value is -1.81. The fourth-order valence-corrected chi connectivity index (χ4v) is 2.97. The molecule has 0 spiro atoms. The van der Waals surface area contributed by atoms with E-state index < -0.39 is 24.0 Å². The van der Waals surface area contributed by atoms with Crippen LogP contribution in [-0.2, 0) is 9.47 Å². The van der Waals surface area contributed by atoms with Gasteiger partial charge in [-0.3, -0.25) is 4.57 Å². The van der Waals surface area contributed by atoms with Crippen LogP contribution in [0.4, 0.5) is 5.82 Å². The zero-order valence-electron chi connectivity index (χ0n) is 12.6. The smallest absolute Gasteiger partial charge is 0.168 e. The highest BCUT2D eigenvalue weighted by Gasteiger charge is 2.54. The third-order valence-electron chi connectivity index (χ3n) is 4.00. The van der Waals surface area contributed by atoms with Crippen molar-refractivity contribution in [1.29, 1.82) is 0 Å². The number of hydrogen-bond donors (Lipinski definition) is 3. The second kappa shape index (κ2) is 5.43. The average molecular weight is 309 g/mol. The summed E-state index contributed by atoms with van der Waals surface area (Å²) in [7, 11) is 3.21. The van der Waals surface area contributed by atoms with Crippen molar-refractivity contribution in [2.75, 3.05) is 26.1 Å². The lowest BCUT2D eigenvalue weighted by molar-refractivity contribution is -0.101. The third kappa shape index (κ3) is 2.05. The minimum absolute atomic E-state index is 0.255. The predicted octanol–water partition coefficient (Wildman–Crippen LogP) is -0.476.